The third-order valence-corrected chi connectivity index (χ3v) is 3.30. The van der Waals surface area contributed by atoms with Gasteiger partial charge in [0.2, 0.25) is 0 Å². The molecule has 1 fully saturated rings. The van der Waals surface area contributed by atoms with Crippen LogP contribution in [0.2, 0.25) is 0 Å². The van der Waals surface area contributed by atoms with E-state index in [4.69, 9.17) is 10.5 Å². The van der Waals surface area contributed by atoms with Crippen LogP contribution in [-0.4, -0.2) is 12.2 Å². The predicted octanol–water partition coefficient (Wildman–Crippen LogP) is 2.27. The van der Waals surface area contributed by atoms with Crippen LogP contribution in [0.15, 0.2) is 12.1 Å². The number of halogens is 1. The second-order valence-corrected chi connectivity index (χ2v) is 4.34. The number of nitrogens with two attached hydrogens (primary N) is 1. The van der Waals surface area contributed by atoms with Gasteiger partial charge in [-0.25, -0.2) is 4.39 Å². The second-order valence-electron chi connectivity index (χ2n) is 4.34. The highest BCUT2D eigenvalue weighted by Crippen LogP contribution is 2.43. The summed E-state index contributed by atoms with van der Waals surface area (Å²) >= 11 is 0. The monoisotopic (exact) mass is 225 g/mol. The summed E-state index contributed by atoms with van der Waals surface area (Å²) in [4.78, 5) is 0. The van der Waals surface area contributed by atoms with Crippen molar-refractivity contribution in [1.29, 1.82) is 0 Å². The number of methoxy groups -OCH3 is 1. The third-order valence-electron chi connectivity index (χ3n) is 3.30. The van der Waals surface area contributed by atoms with E-state index in [1.807, 2.05) is 0 Å². The maximum Gasteiger partial charge on any atom is 0.173 e. The lowest BCUT2D eigenvalue weighted by molar-refractivity contribution is 0.352. The van der Waals surface area contributed by atoms with Gasteiger partial charge in [0, 0.05) is 5.54 Å². The van der Waals surface area contributed by atoms with Crippen LogP contribution in [0.1, 0.15) is 31.2 Å². The predicted molar refractivity (Wildman–Crippen MR) is 59.0 cm³/mol. The molecule has 0 spiro atoms. The van der Waals surface area contributed by atoms with Gasteiger partial charge < -0.3 is 15.6 Å². The Balaban J connectivity index is 2.54. The molecular weight excluding hydrogens is 209 g/mol. The van der Waals surface area contributed by atoms with E-state index in [-0.39, 0.29) is 17.1 Å². The second kappa shape index (κ2) is 3.94. The molecule has 3 N–H and O–H groups in total. The van der Waals surface area contributed by atoms with Crippen LogP contribution >= 0.6 is 0 Å². The number of aromatic hydroxyl groups is 1. The van der Waals surface area contributed by atoms with Gasteiger partial charge in [0.25, 0.3) is 0 Å². The standard InChI is InChI=1S/C12H16FNO2/c1-16-9-5-4-8(15)10(11(9)13)12(14)6-2-3-7-12/h4-5,15H,2-3,6-7,14H2,1H3. The van der Waals surface area contributed by atoms with Gasteiger partial charge in [-0.2, -0.15) is 0 Å². The molecule has 1 aromatic carbocycles. The molecule has 1 aromatic rings. The lowest BCUT2D eigenvalue weighted by Crippen LogP contribution is -2.34. The van der Waals surface area contributed by atoms with Crippen LogP contribution in [0.5, 0.6) is 11.5 Å². The Morgan fingerprint density at radius 2 is 2.00 bits per heavy atom. The fourth-order valence-corrected chi connectivity index (χ4v) is 2.43. The Kier molecular flexibility index (Phi) is 2.76. The van der Waals surface area contributed by atoms with Crippen molar-refractivity contribution in [2.24, 2.45) is 5.73 Å². The van der Waals surface area contributed by atoms with Crippen LogP contribution in [0.4, 0.5) is 4.39 Å². The molecule has 0 unspecified atom stereocenters. The molecule has 0 amide bonds. The fourth-order valence-electron chi connectivity index (χ4n) is 2.43. The summed E-state index contributed by atoms with van der Waals surface area (Å²) in [5.74, 6) is -0.487. The molecule has 0 saturated heterocycles. The Morgan fingerprint density at radius 3 is 2.56 bits per heavy atom. The van der Waals surface area contributed by atoms with Crippen LogP contribution in [-0.2, 0) is 5.54 Å². The number of rotatable bonds is 2. The van der Waals surface area contributed by atoms with Gasteiger partial charge in [-0.15, -0.1) is 0 Å². The minimum absolute atomic E-state index is 0.0808. The van der Waals surface area contributed by atoms with Gasteiger partial charge in [0.05, 0.1) is 12.7 Å². The first kappa shape index (κ1) is 11.2. The molecular formula is C12H16FNO2. The highest BCUT2D eigenvalue weighted by Gasteiger charge is 2.37. The number of hydrogen-bond acceptors (Lipinski definition) is 3. The van der Waals surface area contributed by atoms with Gasteiger partial charge in [-0.3, -0.25) is 0 Å². The quantitative estimate of drug-likeness (QED) is 0.811. The van der Waals surface area contributed by atoms with Gasteiger partial charge in [0.1, 0.15) is 5.75 Å². The molecule has 0 atom stereocenters. The van der Waals surface area contributed by atoms with E-state index < -0.39 is 11.4 Å². The summed E-state index contributed by atoms with van der Waals surface area (Å²) in [6.07, 6.45) is 3.33. The highest BCUT2D eigenvalue weighted by molar-refractivity contribution is 5.45. The summed E-state index contributed by atoms with van der Waals surface area (Å²) in [5, 5.41) is 9.76. The summed E-state index contributed by atoms with van der Waals surface area (Å²) in [6, 6.07) is 2.84. The number of phenolic OH excluding ortho intramolecular Hbond substituents is 1. The lowest BCUT2D eigenvalue weighted by Gasteiger charge is -2.26. The molecule has 1 aliphatic carbocycles. The molecule has 3 nitrogen and oxygen atoms in total. The van der Waals surface area contributed by atoms with Crippen molar-refractivity contribution in [3.8, 4) is 11.5 Å². The first-order chi connectivity index (χ1) is 7.58. The summed E-state index contributed by atoms with van der Waals surface area (Å²) < 4.78 is 19.0. The normalized spacial score (nSPS) is 18.7. The zero-order valence-electron chi connectivity index (χ0n) is 9.29. The van der Waals surface area contributed by atoms with Crippen LogP contribution in [0.25, 0.3) is 0 Å². The zero-order valence-corrected chi connectivity index (χ0v) is 9.29. The van der Waals surface area contributed by atoms with Gasteiger partial charge in [-0.1, -0.05) is 12.8 Å². The van der Waals surface area contributed by atoms with E-state index >= 15 is 0 Å². The molecule has 0 radical (unpaired) electrons. The van der Waals surface area contributed by atoms with Gasteiger partial charge in [-0.05, 0) is 25.0 Å². The van der Waals surface area contributed by atoms with E-state index in [0.717, 1.165) is 12.8 Å². The van der Waals surface area contributed by atoms with Crippen molar-refractivity contribution >= 4 is 0 Å². The van der Waals surface area contributed by atoms with E-state index in [2.05, 4.69) is 0 Å². The van der Waals surface area contributed by atoms with Crippen LogP contribution in [0.3, 0.4) is 0 Å². The number of ether oxygens (including phenoxy) is 1. The van der Waals surface area contributed by atoms with Crippen molar-refractivity contribution in [2.75, 3.05) is 7.11 Å². The van der Waals surface area contributed by atoms with Crippen molar-refractivity contribution in [3.05, 3.63) is 23.5 Å². The zero-order chi connectivity index (χ0) is 11.8. The summed E-state index contributed by atoms with van der Waals surface area (Å²) in [6.45, 7) is 0. The molecule has 4 heteroatoms. The molecule has 2 rings (SSSR count). The molecule has 16 heavy (non-hydrogen) atoms. The Morgan fingerprint density at radius 1 is 1.38 bits per heavy atom. The average molecular weight is 225 g/mol. The van der Waals surface area contributed by atoms with Crippen LogP contribution in [0, 0.1) is 5.82 Å². The molecule has 0 heterocycles. The minimum Gasteiger partial charge on any atom is -0.507 e. The van der Waals surface area contributed by atoms with Crippen LogP contribution < -0.4 is 10.5 Å². The summed E-state index contributed by atoms with van der Waals surface area (Å²) in [5.41, 5.74) is 5.60. The first-order valence-electron chi connectivity index (χ1n) is 5.43. The first-order valence-corrected chi connectivity index (χ1v) is 5.43. The SMILES string of the molecule is COc1ccc(O)c(C2(N)CCCC2)c1F. The Labute approximate surface area is 94.0 Å². The molecule has 88 valence electrons. The molecule has 1 aliphatic rings. The van der Waals surface area contributed by atoms with Crippen molar-refractivity contribution in [3.63, 3.8) is 0 Å². The van der Waals surface area contributed by atoms with E-state index in [9.17, 15) is 9.50 Å². The van der Waals surface area contributed by atoms with E-state index in [1.54, 1.807) is 0 Å². The van der Waals surface area contributed by atoms with E-state index in [1.165, 1.54) is 19.2 Å². The number of phenols is 1. The topological polar surface area (TPSA) is 55.5 Å². The third kappa shape index (κ3) is 1.63. The highest BCUT2D eigenvalue weighted by atomic mass is 19.1. The Bertz CT molecular complexity index is 400. The lowest BCUT2D eigenvalue weighted by atomic mass is 9.88. The number of benzene rings is 1. The molecule has 0 aromatic heterocycles. The van der Waals surface area contributed by atoms with Gasteiger partial charge >= 0.3 is 0 Å². The largest absolute Gasteiger partial charge is 0.507 e. The molecule has 1 saturated carbocycles. The smallest absolute Gasteiger partial charge is 0.173 e. The van der Waals surface area contributed by atoms with Crippen molar-refractivity contribution < 1.29 is 14.2 Å². The Hall–Kier alpha value is -1.29. The maximum atomic E-state index is 14.1. The van der Waals surface area contributed by atoms with Crippen molar-refractivity contribution in [2.45, 2.75) is 31.2 Å². The molecule has 0 bridgehead atoms. The average Bonchev–Trinajstić information content (AvgIpc) is 2.66. The summed E-state index contributed by atoms with van der Waals surface area (Å²) in [7, 11) is 1.40. The van der Waals surface area contributed by atoms with Gasteiger partial charge in [0.15, 0.2) is 11.6 Å². The van der Waals surface area contributed by atoms with Crippen molar-refractivity contribution in [1.82, 2.24) is 0 Å². The maximum absolute atomic E-state index is 14.1. The van der Waals surface area contributed by atoms with E-state index in [0.29, 0.717) is 12.8 Å². The molecule has 0 aliphatic heterocycles. The fraction of sp³-hybridized carbons (Fsp3) is 0.500. The minimum atomic E-state index is -0.747. The number of hydrogen-bond donors (Lipinski definition) is 2.